The minimum absolute atomic E-state index is 0.00624. The van der Waals surface area contributed by atoms with E-state index in [1.165, 1.54) is 19.1 Å². The Balaban J connectivity index is 1.82. The van der Waals surface area contributed by atoms with Gasteiger partial charge in [-0.25, -0.2) is 0 Å². The zero-order valence-corrected chi connectivity index (χ0v) is 22.1. The molecule has 1 amide bonds. The lowest BCUT2D eigenvalue weighted by Crippen LogP contribution is -2.29. The van der Waals surface area contributed by atoms with Crippen molar-refractivity contribution in [1.82, 2.24) is 4.90 Å². The number of hydrogen-bond acceptors (Lipinski definition) is 7. The number of methoxy groups -OCH3 is 3. The molecule has 0 aliphatic carbocycles. The molecule has 1 saturated heterocycles. The van der Waals surface area contributed by atoms with Crippen LogP contribution in [0.2, 0.25) is 0 Å². The average molecular weight is 518 g/mol. The van der Waals surface area contributed by atoms with Crippen molar-refractivity contribution in [3.05, 3.63) is 89.0 Å². The van der Waals surface area contributed by atoms with Gasteiger partial charge < -0.3 is 29.0 Å². The molecule has 1 heterocycles. The number of Topliss-reactive ketones (excluding diaryl/α,β-unsaturated/α-hetero) is 1. The van der Waals surface area contributed by atoms with Crippen molar-refractivity contribution >= 4 is 17.4 Å². The Morgan fingerprint density at radius 2 is 1.47 bits per heavy atom. The van der Waals surface area contributed by atoms with E-state index in [4.69, 9.17) is 18.9 Å². The molecular weight excluding hydrogens is 486 g/mol. The number of aliphatic hydroxyl groups is 1. The monoisotopic (exact) mass is 517 g/mol. The lowest BCUT2D eigenvalue weighted by atomic mass is 9.95. The zero-order chi connectivity index (χ0) is 27.4. The van der Waals surface area contributed by atoms with E-state index in [2.05, 4.69) is 0 Å². The van der Waals surface area contributed by atoms with Crippen LogP contribution in [0.3, 0.4) is 0 Å². The number of ether oxygens (including phenoxy) is 4. The Bertz CT molecular complexity index is 1340. The average Bonchev–Trinajstić information content (AvgIpc) is 3.17. The van der Waals surface area contributed by atoms with Crippen molar-refractivity contribution in [1.29, 1.82) is 0 Å². The molecule has 3 aromatic rings. The van der Waals surface area contributed by atoms with Crippen LogP contribution in [0.1, 0.15) is 36.6 Å². The minimum Gasteiger partial charge on any atom is -0.507 e. The molecular formula is C30H31NO7. The summed E-state index contributed by atoms with van der Waals surface area (Å²) in [7, 11) is 4.57. The van der Waals surface area contributed by atoms with E-state index >= 15 is 0 Å². The number of aliphatic hydroxyl groups excluding tert-OH is 1. The number of benzene rings is 3. The minimum atomic E-state index is -0.821. The van der Waals surface area contributed by atoms with Gasteiger partial charge in [0.25, 0.3) is 11.7 Å². The van der Waals surface area contributed by atoms with Crippen LogP contribution >= 0.6 is 0 Å². The smallest absolute Gasteiger partial charge is 0.295 e. The second kappa shape index (κ2) is 11.3. The Kier molecular flexibility index (Phi) is 7.90. The maximum Gasteiger partial charge on any atom is 0.295 e. The summed E-state index contributed by atoms with van der Waals surface area (Å²) in [5, 5.41) is 11.4. The van der Waals surface area contributed by atoms with Gasteiger partial charge in [-0.15, -0.1) is 0 Å². The molecule has 1 N–H and O–H groups in total. The Morgan fingerprint density at radius 1 is 0.842 bits per heavy atom. The number of carbonyl (C=O) groups is 2. The van der Waals surface area contributed by atoms with Crippen LogP contribution in [0, 0.1) is 0 Å². The Hall–Kier alpha value is -4.46. The highest BCUT2D eigenvalue weighted by molar-refractivity contribution is 6.46. The Morgan fingerprint density at radius 3 is 2.05 bits per heavy atom. The lowest BCUT2D eigenvalue weighted by Gasteiger charge is -2.26. The second-order valence-electron chi connectivity index (χ2n) is 9.08. The fraction of sp³-hybridized carbons (Fsp3) is 0.267. The third-order valence-corrected chi connectivity index (χ3v) is 6.28. The van der Waals surface area contributed by atoms with Gasteiger partial charge in [0.15, 0.2) is 11.5 Å². The van der Waals surface area contributed by atoms with Crippen LogP contribution in [-0.4, -0.2) is 49.1 Å². The summed E-state index contributed by atoms with van der Waals surface area (Å²) in [6, 6.07) is 18.4. The van der Waals surface area contributed by atoms with Crippen LogP contribution in [0.5, 0.6) is 23.0 Å². The van der Waals surface area contributed by atoms with Gasteiger partial charge in [-0.1, -0.05) is 24.3 Å². The number of hydrogen-bond donors (Lipinski definition) is 1. The van der Waals surface area contributed by atoms with Crippen LogP contribution in [0.15, 0.2) is 72.3 Å². The normalized spacial score (nSPS) is 16.6. The SMILES string of the molecule is COc1ccc(CN2C(=O)C(=O)/C(=C(\O)c3ccc(OC)c(OC)c3)C2c2ccc(OC(C)C)cc2)cc1. The van der Waals surface area contributed by atoms with E-state index in [9.17, 15) is 14.7 Å². The van der Waals surface area contributed by atoms with Gasteiger partial charge in [0.2, 0.25) is 0 Å². The summed E-state index contributed by atoms with van der Waals surface area (Å²) in [4.78, 5) is 28.2. The van der Waals surface area contributed by atoms with Gasteiger partial charge in [-0.05, 0) is 67.4 Å². The summed E-state index contributed by atoms with van der Waals surface area (Å²) in [6.45, 7) is 4.02. The third kappa shape index (κ3) is 5.29. The highest BCUT2D eigenvalue weighted by Crippen LogP contribution is 2.42. The highest BCUT2D eigenvalue weighted by Gasteiger charge is 2.46. The fourth-order valence-electron chi connectivity index (χ4n) is 4.46. The standard InChI is InChI=1S/C30H31NO7/c1-18(2)38-23-13-8-20(9-14-23)27-26(28(32)21-10-15-24(36-4)25(16-21)37-5)29(33)30(34)31(27)17-19-6-11-22(35-3)12-7-19/h6-16,18,27,32H,17H2,1-5H3/b28-26-. The first-order chi connectivity index (χ1) is 18.3. The van der Waals surface area contributed by atoms with Crippen LogP contribution in [0.25, 0.3) is 5.76 Å². The number of nitrogens with zero attached hydrogens (tertiary/aromatic N) is 1. The van der Waals surface area contributed by atoms with E-state index in [1.54, 1.807) is 61.7 Å². The molecule has 0 spiro atoms. The molecule has 3 aromatic carbocycles. The number of likely N-dealkylation sites (tertiary alicyclic amines) is 1. The van der Waals surface area contributed by atoms with Gasteiger partial charge in [-0.2, -0.15) is 0 Å². The van der Waals surface area contributed by atoms with Crippen molar-refractivity contribution < 1.29 is 33.6 Å². The molecule has 0 aromatic heterocycles. The van der Waals surface area contributed by atoms with Gasteiger partial charge in [-0.3, -0.25) is 9.59 Å². The summed E-state index contributed by atoms with van der Waals surface area (Å²) < 4.78 is 21.7. The predicted molar refractivity (Wildman–Crippen MR) is 143 cm³/mol. The molecule has 8 nitrogen and oxygen atoms in total. The number of amides is 1. The molecule has 198 valence electrons. The summed E-state index contributed by atoms with van der Waals surface area (Å²) in [6.07, 6.45) is -0.00777. The maximum atomic E-state index is 13.4. The van der Waals surface area contributed by atoms with E-state index in [-0.39, 0.29) is 24.0 Å². The first-order valence-electron chi connectivity index (χ1n) is 12.2. The second-order valence-corrected chi connectivity index (χ2v) is 9.08. The molecule has 8 heteroatoms. The van der Waals surface area contributed by atoms with Crippen molar-refractivity contribution in [3.63, 3.8) is 0 Å². The van der Waals surface area contributed by atoms with Gasteiger partial charge in [0.05, 0.1) is 39.0 Å². The van der Waals surface area contributed by atoms with E-state index < -0.39 is 17.7 Å². The predicted octanol–water partition coefficient (Wildman–Crippen LogP) is 5.12. The molecule has 1 unspecified atom stereocenters. The largest absolute Gasteiger partial charge is 0.507 e. The number of carbonyl (C=O) groups excluding carboxylic acids is 2. The first kappa shape index (κ1) is 26.6. The molecule has 0 saturated carbocycles. The third-order valence-electron chi connectivity index (χ3n) is 6.28. The van der Waals surface area contributed by atoms with Crippen molar-refractivity contribution in [2.24, 2.45) is 0 Å². The first-order valence-corrected chi connectivity index (χ1v) is 12.2. The number of ketones is 1. The van der Waals surface area contributed by atoms with Crippen molar-refractivity contribution in [3.8, 4) is 23.0 Å². The quantitative estimate of drug-likeness (QED) is 0.239. The van der Waals surface area contributed by atoms with Gasteiger partial charge in [0, 0.05) is 12.1 Å². The molecule has 38 heavy (non-hydrogen) atoms. The summed E-state index contributed by atoms with van der Waals surface area (Å²) >= 11 is 0. The summed E-state index contributed by atoms with van der Waals surface area (Å²) in [5.74, 6) is 0.442. The topological polar surface area (TPSA) is 94.5 Å². The lowest BCUT2D eigenvalue weighted by molar-refractivity contribution is -0.140. The molecule has 1 aliphatic rings. The van der Waals surface area contributed by atoms with Crippen LogP contribution in [-0.2, 0) is 16.1 Å². The van der Waals surface area contributed by atoms with E-state index in [0.717, 1.165) is 5.56 Å². The van der Waals surface area contributed by atoms with Crippen LogP contribution in [0.4, 0.5) is 0 Å². The van der Waals surface area contributed by atoms with E-state index in [0.29, 0.717) is 34.1 Å². The summed E-state index contributed by atoms with van der Waals surface area (Å²) in [5.41, 5.74) is 1.79. The fourth-order valence-corrected chi connectivity index (χ4v) is 4.46. The van der Waals surface area contributed by atoms with Gasteiger partial charge >= 0.3 is 0 Å². The zero-order valence-electron chi connectivity index (χ0n) is 22.1. The number of rotatable bonds is 9. The molecule has 1 atom stereocenters. The molecule has 0 radical (unpaired) electrons. The molecule has 0 bridgehead atoms. The Labute approximate surface area is 222 Å². The highest BCUT2D eigenvalue weighted by atomic mass is 16.5. The molecule has 4 rings (SSSR count). The van der Waals surface area contributed by atoms with Crippen molar-refractivity contribution in [2.45, 2.75) is 32.5 Å². The van der Waals surface area contributed by atoms with Crippen LogP contribution < -0.4 is 18.9 Å². The van der Waals surface area contributed by atoms with E-state index in [1.807, 2.05) is 26.0 Å². The van der Waals surface area contributed by atoms with Gasteiger partial charge in [0.1, 0.15) is 17.3 Å². The molecule has 1 aliphatic heterocycles. The maximum absolute atomic E-state index is 13.4. The van der Waals surface area contributed by atoms with Crippen molar-refractivity contribution in [2.75, 3.05) is 21.3 Å². The molecule has 1 fully saturated rings.